The summed E-state index contributed by atoms with van der Waals surface area (Å²) in [6.07, 6.45) is -1.12. The summed E-state index contributed by atoms with van der Waals surface area (Å²) in [6.45, 7) is 16.2. The van der Waals surface area contributed by atoms with Gasteiger partial charge in [0.05, 0.1) is 12.4 Å². The smallest absolute Gasteiger partial charge is 0.431 e. The minimum atomic E-state index is -3.56. The Kier molecular flexibility index (Phi) is 10.4. The highest BCUT2D eigenvalue weighted by molar-refractivity contribution is 7.88. The summed E-state index contributed by atoms with van der Waals surface area (Å²) >= 11 is 0. The van der Waals surface area contributed by atoms with Crippen LogP contribution in [0.3, 0.4) is 0 Å². The predicted octanol–water partition coefficient (Wildman–Crippen LogP) is 2.53. The van der Waals surface area contributed by atoms with Crippen LogP contribution in [0.15, 0.2) is 0 Å². The Hall–Kier alpha value is -1.23. The van der Waals surface area contributed by atoms with E-state index in [0.29, 0.717) is 0 Å². The van der Waals surface area contributed by atoms with Gasteiger partial charge in [-0.25, -0.2) is 18.0 Å². The van der Waals surface area contributed by atoms with Crippen LogP contribution < -0.4 is 5.73 Å². The maximum absolute atomic E-state index is 12.3. The van der Waals surface area contributed by atoms with Crippen LogP contribution in [0.1, 0.15) is 62.3 Å². The molecule has 0 aliphatic carbocycles. The SMILES string of the molecule is CC(C)[C@H](N)C(=O)OC(=O)OC[C@H](CN(C(C)(C)C)S(C)(=O)=O)O[C@@H](C)C(C)(C)C. The molecule has 0 saturated carbocycles. The molecule has 0 aromatic carbocycles. The van der Waals surface area contributed by atoms with Crippen LogP contribution in [-0.2, 0) is 29.0 Å². The molecule has 0 heterocycles. The summed E-state index contributed by atoms with van der Waals surface area (Å²) in [5.74, 6) is -1.09. The second kappa shape index (κ2) is 10.9. The molecule has 9 nitrogen and oxygen atoms in total. The number of ether oxygens (including phenoxy) is 3. The molecular weight excluding hydrogens is 412 g/mol. The van der Waals surface area contributed by atoms with Crippen molar-refractivity contribution in [1.29, 1.82) is 0 Å². The third kappa shape index (κ3) is 10.2. The lowest BCUT2D eigenvalue weighted by Gasteiger charge is -2.38. The number of rotatable bonds is 9. The molecule has 0 fully saturated rings. The zero-order valence-corrected chi connectivity index (χ0v) is 20.8. The number of nitrogens with two attached hydrogens (primary N) is 1. The van der Waals surface area contributed by atoms with Gasteiger partial charge in [0.25, 0.3) is 0 Å². The lowest BCUT2D eigenvalue weighted by molar-refractivity contribution is -0.143. The fourth-order valence-electron chi connectivity index (χ4n) is 2.33. The normalized spacial score (nSPS) is 16.3. The lowest BCUT2D eigenvalue weighted by atomic mass is 9.90. The van der Waals surface area contributed by atoms with E-state index in [2.05, 4.69) is 4.74 Å². The molecule has 0 rings (SSSR count). The third-order valence-electron chi connectivity index (χ3n) is 4.70. The molecule has 0 bridgehead atoms. The largest absolute Gasteiger partial charge is 0.516 e. The van der Waals surface area contributed by atoms with Crippen LogP contribution in [0.4, 0.5) is 4.79 Å². The number of hydrogen-bond donors (Lipinski definition) is 1. The van der Waals surface area contributed by atoms with Crippen LogP contribution >= 0.6 is 0 Å². The highest BCUT2D eigenvalue weighted by Crippen LogP contribution is 2.25. The van der Waals surface area contributed by atoms with Crippen molar-refractivity contribution in [3.63, 3.8) is 0 Å². The van der Waals surface area contributed by atoms with E-state index in [1.54, 1.807) is 34.6 Å². The molecular formula is C20H40N2O7S. The summed E-state index contributed by atoms with van der Waals surface area (Å²) in [5.41, 5.74) is 4.73. The van der Waals surface area contributed by atoms with Gasteiger partial charge in [0.1, 0.15) is 18.8 Å². The maximum atomic E-state index is 12.3. The van der Waals surface area contributed by atoms with Crippen LogP contribution in [-0.4, -0.2) is 68.0 Å². The molecule has 0 aromatic rings. The Morgan fingerprint density at radius 1 is 1.03 bits per heavy atom. The molecule has 30 heavy (non-hydrogen) atoms. The predicted molar refractivity (Wildman–Crippen MR) is 115 cm³/mol. The van der Waals surface area contributed by atoms with Gasteiger partial charge < -0.3 is 19.9 Å². The van der Waals surface area contributed by atoms with Crippen molar-refractivity contribution in [2.24, 2.45) is 17.1 Å². The Bertz CT molecular complexity index is 678. The summed E-state index contributed by atoms with van der Waals surface area (Å²) < 4.78 is 41.6. The van der Waals surface area contributed by atoms with E-state index in [9.17, 15) is 18.0 Å². The van der Waals surface area contributed by atoms with Gasteiger partial charge in [-0.2, -0.15) is 4.31 Å². The van der Waals surface area contributed by atoms with E-state index in [1.807, 2.05) is 27.7 Å². The van der Waals surface area contributed by atoms with E-state index in [-0.39, 0.29) is 30.6 Å². The summed E-state index contributed by atoms with van der Waals surface area (Å²) in [7, 11) is -3.56. The van der Waals surface area contributed by atoms with Gasteiger partial charge in [-0.05, 0) is 39.0 Å². The standard InChI is InChI=1S/C20H40N2O7S/c1-13(2)16(21)17(23)29-18(24)27-12-15(28-14(3)19(4,5)6)11-22(20(7,8)9)30(10,25)26/h13-16H,11-12,21H2,1-10H3/t14-,15-,16-/m0/s1. The molecule has 0 aromatic heterocycles. The Morgan fingerprint density at radius 3 is 1.90 bits per heavy atom. The van der Waals surface area contributed by atoms with E-state index in [4.69, 9.17) is 15.2 Å². The molecule has 0 unspecified atom stereocenters. The van der Waals surface area contributed by atoms with Crippen molar-refractivity contribution in [2.45, 2.75) is 86.1 Å². The molecule has 10 heteroatoms. The van der Waals surface area contributed by atoms with Crippen LogP contribution in [0.25, 0.3) is 0 Å². The molecule has 0 aliphatic rings. The number of carbonyl (C=O) groups is 2. The average Bonchev–Trinajstić information content (AvgIpc) is 2.52. The maximum Gasteiger partial charge on any atom is 0.516 e. The number of hydrogen-bond acceptors (Lipinski definition) is 8. The lowest BCUT2D eigenvalue weighted by Crippen LogP contribution is -2.51. The zero-order chi connectivity index (χ0) is 24.1. The topological polar surface area (TPSA) is 125 Å². The fourth-order valence-corrected chi connectivity index (χ4v) is 3.76. The van der Waals surface area contributed by atoms with Crippen LogP contribution in [0.2, 0.25) is 0 Å². The van der Waals surface area contributed by atoms with E-state index >= 15 is 0 Å². The Morgan fingerprint density at radius 2 is 1.53 bits per heavy atom. The zero-order valence-electron chi connectivity index (χ0n) is 20.0. The van der Waals surface area contributed by atoms with Gasteiger partial charge in [0.2, 0.25) is 10.0 Å². The molecule has 0 saturated heterocycles. The molecule has 3 atom stereocenters. The van der Waals surface area contributed by atoms with Gasteiger partial charge in [-0.15, -0.1) is 0 Å². The minimum absolute atomic E-state index is 0.0323. The quantitative estimate of drug-likeness (QED) is 0.418. The molecule has 0 spiro atoms. The monoisotopic (exact) mass is 452 g/mol. The Labute approximate surface area is 181 Å². The van der Waals surface area contributed by atoms with Gasteiger partial charge >= 0.3 is 12.1 Å². The minimum Gasteiger partial charge on any atom is -0.431 e. The summed E-state index contributed by atoms with van der Waals surface area (Å²) in [5, 5.41) is 0. The molecule has 178 valence electrons. The first-order chi connectivity index (χ1) is 13.3. The van der Waals surface area contributed by atoms with Crippen molar-refractivity contribution in [2.75, 3.05) is 19.4 Å². The van der Waals surface area contributed by atoms with Gasteiger partial charge in [0, 0.05) is 12.1 Å². The first-order valence-electron chi connectivity index (χ1n) is 10.0. The molecule has 0 radical (unpaired) electrons. The van der Waals surface area contributed by atoms with Crippen molar-refractivity contribution < 1.29 is 32.2 Å². The highest BCUT2D eigenvalue weighted by Gasteiger charge is 2.35. The Balaban J connectivity index is 5.37. The number of esters is 1. The third-order valence-corrected chi connectivity index (χ3v) is 6.19. The van der Waals surface area contributed by atoms with E-state index in [0.717, 1.165) is 6.26 Å². The van der Waals surface area contributed by atoms with Crippen molar-refractivity contribution >= 4 is 22.1 Å². The molecule has 0 aliphatic heterocycles. The van der Waals surface area contributed by atoms with E-state index < -0.39 is 39.8 Å². The first kappa shape index (κ1) is 28.8. The number of sulfonamides is 1. The van der Waals surface area contributed by atoms with Crippen LogP contribution in [0.5, 0.6) is 0 Å². The van der Waals surface area contributed by atoms with Crippen molar-refractivity contribution in [1.82, 2.24) is 4.31 Å². The first-order valence-corrected chi connectivity index (χ1v) is 11.9. The van der Waals surface area contributed by atoms with E-state index in [1.165, 1.54) is 4.31 Å². The second-order valence-corrected chi connectivity index (χ2v) is 11.9. The van der Waals surface area contributed by atoms with Gasteiger partial charge in [-0.1, -0.05) is 34.6 Å². The number of carbonyl (C=O) groups excluding carboxylic acids is 2. The second-order valence-electron chi connectivity index (χ2n) is 9.98. The van der Waals surface area contributed by atoms with Crippen molar-refractivity contribution in [3.8, 4) is 0 Å². The molecule has 2 N–H and O–H groups in total. The van der Waals surface area contributed by atoms with Gasteiger partial charge in [0.15, 0.2) is 0 Å². The fraction of sp³-hybridized carbons (Fsp3) is 0.900. The molecule has 0 amide bonds. The summed E-state index contributed by atoms with van der Waals surface area (Å²) in [6, 6.07) is -0.952. The highest BCUT2D eigenvalue weighted by atomic mass is 32.2. The summed E-state index contributed by atoms with van der Waals surface area (Å²) in [4.78, 5) is 23.8. The average molecular weight is 453 g/mol. The van der Waals surface area contributed by atoms with Gasteiger partial charge in [-0.3, -0.25) is 0 Å². The van der Waals surface area contributed by atoms with Crippen molar-refractivity contribution in [3.05, 3.63) is 0 Å². The van der Waals surface area contributed by atoms with Crippen LogP contribution in [0, 0.1) is 11.3 Å². The number of nitrogens with zero attached hydrogens (tertiary/aromatic N) is 1.